The number of anilines is 3. The van der Waals surface area contributed by atoms with Crippen molar-refractivity contribution in [3.8, 4) is 29.0 Å². The molecule has 1 N–H and O–H groups in total. The Hall–Kier alpha value is -13.2. The lowest BCUT2D eigenvalue weighted by Gasteiger charge is -2.37. The van der Waals surface area contributed by atoms with Gasteiger partial charge in [-0.25, -0.2) is 59.0 Å². The van der Waals surface area contributed by atoms with Crippen molar-refractivity contribution in [2.24, 2.45) is 4.99 Å². The Balaban J connectivity index is 0.000000123. The predicted octanol–water partition coefficient (Wildman–Crippen LogP) is 16.6. The fourth-order valence-electron chi connectivity index (χ4n) is 16.9. The maximum absolute atomic E-state index is 10.6. The Kier molecular flexibility index (Phi) is 25.7. The van der Waals surface area contributed by atoms with Crippen LogP contribution < -0.4 is 34.5 Å². The third kappa shape index (κ3) is 19.6. The Bertz CT molecular complexity index is 6240. The molecule has 8 aromatic heterocycles. The fraction of sp³-hybridized carbons (Fsp3) is 0.337. The van der Waals surface area contributed by atoms with Crippen LogP contribution in [0.15, 0.2) is 261 Å². The Morgan fingerprint density at radius 3 is 1.14 bits per heavy atom. The normalized spacial score (nSPS) is 17.7. The van der Waals surface area contributed by atoms with Crippen LogP contribution >= 0.6 is 11.6 Å². The molecule has 3 aliphatic carbocycles. The highest BCUT2D eigenvalue weighted by Crippen LogP contribution is 2.49. The zero-order valence-electron chi connectivity index (χ0n) is 75.0. The summed E-state index contributed by atoms with van der Waals surface area (Å²) in [6.07, 6.45) is 11.6. The molecule has 0 bridgehead atoms. The number of rotatable bonds is 20. The predicted molar refractivity (Wildman–Crippen MR) is 501 cm³/mol. The molecule has 3 saturated carbocycles. The number of aromatic nitrogens is 13. The molecule has 0 radical (unpaired) electrons. The van der Waals surface area contributed by atoms with Crippen LogP contribution in [0.2, 0.25) is 5.15 Å². The quantitative estimate of drug-likeness (QED) is 0.0421. The lowest BCUT2D eigenvalue weighted by atomic mass is 9.77. The number of carboxylic acid groups (broad SMARTS) is 1. The zero-order chi connectivity index (χ0) is 92.2. The van der Waals surface area contributed by atoms with Crippen LogP contribution in [-0.2, 0) is 45.9 Å². The van der Waals surface area contributed by atoms with Gasteiger partial charge in [0.25, 0.3) is 0 Å². The highest BCUT2D eigenvalue weighted by Gasteiger charge is 2.55. The molecule has 14 aromatic rings. The van der Waals surface area contributed by atoms with Gasteiger partial charge in [-0.15, -0.1) is 0 Å². The topological polar surface area (TPSA) is 285 Å². The smallest absolute Gasteiger partial charge is 0.475 e. The molecule has 27 nitrogen and oxygen atoms in total. The number of fused-ring (bicyclic) bond motifs is 3. The molecule has 0 amide bonds. The third-order valence-corrected chi connectivity index (χ3v) is 25.8. The Labute approximate surface area is 773 Å². The van der Waals surface area contributed by atoms with E-state index in [0.717, 1.165) is 211 Å². The van der Waals surface area contributed by atoms with E-state index in [1.54, 1.807) is 18.7 Å². The fourth-order valence-corrected chi connectivity index (χ4v) is 17.0. The molecule has 7 fully saturated rings. The Morgan fingerprint density at radius 2 is 0.759 bits per heavy atom. The highest BCUT2D eigenvalue weighted by molar-refractivity contribution is 6.64. The summed E-state index contributed by atoms with van der Waals surface area (Å²) in [5, 5.41) is 20.3. The van der Waals surface area contributed by atoms with Gasteiger partial charge < -0.3 is 57.5 Å². The van der Waals surface area contributed by atoms with Gasteiger partial charge in [0.15, 0.2) is 0 Å². The minimum Gasteiger partial charge on any atom is -0.475 e. The van der Waals surface area contributed by atoms with Gasteiger partial charge in [-0.2, -0.15) is 23.4 Å². The molecular weight excluding hydrogens is 1710 g/mol. The summed E-state index contributed by atoms with van der Waals surface area (Å²) in [5.41, 5.74) is 11.3. The van der Waals surface area contributed by atoms with Gasteiger partial charge in [0.05, 0.1) is 97.9 Å². The number of aliphatic carboxylic acids is 1. The first-order chi connectivity index (χ1) is 64.3. The van der Waals surface area contributed by atoms with Gasteiger partial charge in [-0.05, 0) is 120 Å². The number of carbonyl (C=O) groups is 1. The average Bonchev–Trinajstić information content (AvgIpc) is 1.58. The van der Waals surface area contributed by atoms with Crippen molar-refractivity contribution in [2.75, 3.05) is 93.6 Å². The summed E-state index contributed by atoms with van der Waals surface area (Å²) in [6, 6.07) is 75.2. The maximum Gasteiger partial charge on any atom is 0.517 e. The van der Waals surface area contributed by atoms with Crippen LogP contribution in [0.5, 0.6) is 17.6 Å². The van der Waals surface area contributed by atoms with Crippen LogP contribution in [0.25, 0.3) is 33.2 Å². The van der Waals surface area contributed by atoms with Crippen molar-refractivity contribution >= 4 is 75.3 Å². The van der Waals surface area contributed by atoms with E-state index in [9.17, 15) is 13.2 Å². The van der Waals surface area contributed by atoms with E-state index in [4.69, 9.17) is 89.4 Å². The summed E-state index contributed by atoms with van der Waals surface area (Å²) in [4.78, 5) is 60.6. The van der Waals surface area contributed by atoms with Gasteiger partial charge in [0.1, 0.15) is 80.8 Å². The van der Waals surface area contributed by atoms with Crippen LogP contribution in [0.4, 0.5) is 30.6 Å². The standard InChI is InChI=1S/C37H34N6O2.C35H36BN3O3.C19H21N5O2.C8H10ClN3O.C2HF3O2/c1-36(17-18-36)45-34-23-30-32(25-38-34)43(41-35(30)31-24-33(40-26-39-31)42-19-21-44-22-20-42)37(27-11-5-2-6-12-27,28-13-7-3-8-14-28)29-15-9-4-10-16-29;1-32(2)33(3,4)42-36(41-32)31-28-23-30(40-34(5)21-22-34)37-24-29(28)39(38-31)35(25-15-9-6-10-16-25,26-17-11-7-12-18-26)27-19-13-8-14-20-27;1-19(2-3-19)26-17-8-14-13(10-20-17)11-21-18(14)15-9-16(23-12-22-15)24-4-6-25-7-5-24;9-7-5-8(11-6-10-7)12-1-3-13-4-2-12;3-2(4,5)1(6)7/h2-16,23-26H,17-22H2,1H3;6-20,23-24H,21-22H2,1-5H3;8-10,12H,2-7,11H2,1H3;5-6H,1-4H2;(H,6,7). The van der Waals surface area contributed by atoms with Crippen molar-refractivity contribution < 1.29 is 60.8 Å². The Morgan fingerprint density at radius 1 is 0.421 bits per heavy atom. The first-order valence-electron chi connectivity index (χ1n) is 44.8. The molecule has 682 valence electrons. The van der Waals surface area contributed by atoms with E-state index < -0.39 is 41.5 Å². The zero-order valence-corrected chi connectivity index (χ0v) is 75.8. The molecule has 0 spiro atoms. The summed E-state index contributed by atoms with van der Waals surface area (Å²) in [5.74, 6) is 1.75. The van der Waals surface area contributed by atoms with Crippen molar-refractivity contribution in [3.05, 3.63) is 311 Å². The number of halogens is 4. The van der Waals surface area contributed by atoms with E-state index >= 15 is 0 Å². The second-order valence-corrected chi connectivity index (χ2v) is 36.1. The number of morpholine rings is 3. The van der Waals surface area contributed by atoms with Crippen molar-refractivity contribution in [1.29, 1.82) is 0 Å². The van der Waals surface area contributed by atoms with E-state index in [1.165, 1.54) is 6.33 Å². The number of alkyl halides is 3. The minimum absolute atomic E-state index is 0.0461. The lowest BCUT2D eigenvalue weighted by Crippen LogP contribution is -2.41. The molecule has 13 heterocycles. The first-order valence-corrected chi connectivity index (χ1v) is 45.1. The second-order valence-electron chi connectivity index (χ2n) is 35.7. The van der Waals surface area contributed by atoms with Gasteiger partial charge in [-0.1, -0.05) is 194 Å². The second kappa shape index (κ2) is 37.8. The van der Waals surface area contributed by atoms with E-state index in [1.807, 2.05) is 67.1 Å². The molecule has 22 rings (SSSR count). The van der Waals surface area contributed by atoms with E-state index in [2.05, 4.69) is 266 Å². The molecule has 0 atom stereocenters. The minimum atomic E-state index is -5.08. The molecule has 6 aromatic carbocycles. The van der Waals surface area contributed by atoms with Crippen LogP contribution in [0.1, 0.15) is 137 Å². The number of pyridine rings is 3. The van der Waals surface area contributed by atoms with Crippen molar-refractivity contribution in [2.45, 2.75) is 139 Å². The molecule has 5 aliphatic heterocycles. The molecule has 133 heavy (non-hydrogen) atoms. The first kappa shape index (κ1) is 90.4. The number of hydrogen-bond acceptors (Lipinski definition) is 24. The van der Waals surface area contributed by atoms with Gasteiger partial charge in [-0.3, -0.25) is 4.99 Å². The van der Waals surface area contributed by atoms with Crippen molar-refractivity contribution in [3.63, 3.8) is 0 Å². The summed E-state index contributed by atoms with van der Waals surface area (Å²) in [7, 11) is -0.662. The number of carboxylic acids is 1. The van der Waals surface area contributed by atoms with Gasteiger partial charge >= 0.3 is 19.3 Å². The van der Waals surface area contributed by atoms with E-state index in [-0.39, 0.29) is 16.8 Å². The number of aliphatic imine (C=N–C) groups is 1. The van der Waals surface area contributed by atoms with Crippen LogP contribution in [0, 0.1) is 0 Å². The van der Waals surface area contributed by atoms with Crippen LogP contribution in [0.3, 0.4) is 0 Å². The monoisotopic (exact) mass is 1820 g/mol. The van der Waals surface area contributed by atoms with Crippen molar-refractivity contribution in [1.82, 2.24) is 64.4 Å². The number of hydrogen-bond donors (Lipinski definition) is 1. The summed E-state index contributed by atoms with van der Waals surface area (Å²) < 4.78 is 84.2. The third-order valence-electron chi connectivity index (χ3n) is 25.6. The van der Waals surface area contributed by atoms with Gasteiger partial charge in [0.2, 0.25) is 17.6 Å². The summed E-state index contributed by atoms with van der Waals surface area (Å²) in [6.45, 7) is 24.6. The number of ether oxygens (including phenoxy) is 6. The number of benzene rings is 6. The van der Waals surface area contributed by atoms with Crippen LogP contribution in [-0.4, -0.2) is 201 Å². The molecule has 0 unspecified atom stereocenters. The average molecular weight is 1820 g/mol. The summed E-state index contributed by atoms with van der Waals surface area (Å²) >= 11 is 5.76. The van der Waals surface area contributed by atoms with E-state index in [0.29, 0.717) is 48.1 Å². The maximum atomic E-state index is 10.6. The molecular formula is C101H102BClF3N17O10. The molecule has 8 aliphatic rings. The lowest BCUT2D eigenvalue weighted by molar-refractivity contribution is -0.192. The molecule has 32 heteroatoms. The largest absolute Gasteiger partial charge is 0.517 e. The SMILES string of the molecule is CC1(Oc2cc3c(-c4cc(N5CCOCC5)ncn4)nn(C(c4ccccc4)(c4ccccc4)c4ccccc4)c3cn2)CC1.CC1(Oc2cc3c(B4OC(C)(C)C(C)(C)O4)nn(C(c4ccccc4)(c4ccccc4)c4ccccc4)c3cn2)CC1.CC1(Oc2cc3c(cn2)CN=C3c2cc(N3CCOCC3)ncn2)CC1.Clc1cc(N2CCOCC2)ncn1.O=C(O)C(F)(F)F. The number of nitrogens with zero attached hydrogens (tertiary/aromatic N) is 17. The highest BCUT2D eigenvalue weighted by atomic mass is 35.5. The molecule has 4 saturated heterocycles. The van der Waals surface area contributed by atoms with Gasteiger partial charge in [0, 0.05) is 104 Å².